The zero-order valence-corrected chi connectivity index (χ0v) is 23.4. The number of ketones is 2. The lowest BCUT2D eigenvalue weighted by atomic mass is 9.45. The van der Waals surface area contributed by atoms with Crippen molar-refractivity contribution >= 4 is 23.4 Å². The zero-order valence-electron chi connectivity index (χ0n) is 23.4. The molecule has 1 heterocycles. The van der Waals surface area contributed by atoms with Crippen molar-refractivity contribution in [3.8, 4) is 11.5 Å². The Labute approximate surface area is 224 Å². The minimum atomic E-state index is -1.24. The summed E-state index contributed by atoms with van der Waals surface area (Å²) in [7, 11) is 1.63. The van der Waals surface area contributed by atoms with Gasteiger partial charge in [0, 0.05) is 56.1 Å². The Bertz CT molecular complexity index is 1220. The van der Waals surface area contributed by atoms with Crippen molar-refractivity contribution in [3.05, 3.63) is 23.3 Å². The molecule has 1 aromatic carbocycles. The Morgan fingerprint density at radius 3 is 2.66 bits per heavy atom. The Morgan fingerprint density at radius 1 is 1.29 bits per heavy atom. The van der Waals surface area contributed by atoms with Gasteiger partial charge in [-0.2, -0.15) is 0 Å². The molecular weight excluding hydrogens is 484 g/mol. The molecule has 1 aliphatic heterocycles. The fraction of sp³-hybridized carbons (Fsp3) is 0.667. The second kappa shape index (κ2) is 9.18. The summed E-state index contributed by atoms with van der Waals surface area (Å²) in [6, 6.07) is 3.53. The standard InChI is InChI=1S/C30H40N2O6/c1-17-9-10-21(37-27(35)32(6)13-7-8-23(34)28(3,4)5)25-24(17)29-15-22(31-16-19-14-18(19)2)30(29,36)12-11-20(33)26(29)38-25/h9-10,18-19,26,36H,7-8,11-16H2,1-6H3/b31-22-/t18?,19?,26-,29-,30+/m0/s1. The molecule has 1 aromatic rings. The predicted octanol–water partition coefficient (Wildman–Crippen LogP) is 4.41. The van der Waals surface area contributed by atoms with Crippen LogP contribution >= 0.6 is 0 Å². The quantitative estimate of drug-likeness (QED) is 0.566. The number of benzene rings is 1. The van der Waals surface area contributed by atoms with Gasteiger partial charge in [0.05, 0.1) is 5.41 Å². The molecule has 3 aliphatic carbocycles. The molecule has 0 aromatic heterocycles. The van der Waals surface area contributed by atoms with E-state index in [2.05, 4.69) is 6.92 Å². The summed E-state index contributed by atoms with van der Waals surface area (Å²) in [5.74, 6) is 1.96. The lowest BCUT2D eigenvalue weighted by molar-refractivity contribution is -0.145. The number of fused-ring (bicyclic) bond motifs is 1. The van der Waals surface area contributed by atoms with Gasteiger partial charge in [0.2, 0.25) is 0 Å². The SMILES string of the molecule is Cc1ccc(OC(=O)N(C)CCCC(=O)C(C)(C)C)c2c1[C@]13C/C(=N/CC4CC4C)[C@]1(O)CCC(=O)[C@@H]3O2. The molecule has 5 atom stereocenters. The van der Waals surface area contributed by atoms with Gasteiger partial charge in [-0.3, -0.25) is 14.6 Å². The van der Waals surface area contributed by atoms with Gasteiger partial charge in [-0.15, -0.1) is 0 Å². The predicted molar refractivity (Wildman–Crippen MR) is 143 cm³/mol. The first-order chi connectivity index (χ1) is 17.8. The molecule has 1 amide bonds. The van der Waals surface area contributed by atoms with Gasteiger partial charge < -0.3 is 19.5 Å². The van der Waals surface area contributed by atoms with Crippen molar-refractivity contribution in [2.75, 3.05) is 20.1 Å². The van der Waals surface area contributed by atoms with Gasteiger partial charge in [0.15, 0.2) is 23.4 Å². The number of carbonyl (C=O) groups is 3. The number of carbonyl (C=O) groups excluding carboxylic acids is 3. The molecule has 3 saturated carbocycles. The van der Waals surface area contributed by atoms with Crippen LogP contribution in [0, 0.1) is 24.2 Å². The van der Waals surface area contributed by atoms with Crippen molar-refractivity contribution in [3.63, 3.8) is 0 Å². The summed E-state index contributed by atoms with van der Waals surface area (Å²) < 4.78 is 12.0. The van der Waals surface area contributed by atoms with Crippen LogP contribution in [0.25, 0.3) is 0 Å². The molecule has 8 heteroatoms. The van der Waals surface area contributed by atoms with Gasteiger partial charge in [0.1, 0.15) is 11.4 Å². The van der Waals surface area contributed by atoms with E-state index in [0.29, 0.717) is 56.4 Å². The largest absolute Gasteiger partial charge is 0.477 e. The highest BCUT2D eigenvalue weighted by Gasteiger charge is 2.75. The van der Waals surface area contributed by atoms with E-state index in [-0.39, 0.29) is 23.7 Å². The number of ether oxygens (including phenoxy) is 2. The van der Waals surface area contributed by atoms with Crippen LogP contribution in [0.2, 0.25) is 0 Å². The van der Waals surface area contributed by atoms with E-state index in [1.807, 2.05) is 33.8 Å². The maximum atomic E-state index is 13.1. The zero-order chi connectivity index (χ0) is 27.6. The highest BCUT2D eigenvalue weighted by atomic mass is 16.6. The van der Waals surface area contributed by atoms with E-state index in [0.717, 1.165) is 16.8 Å². The fourth-order valence-electron chi connectivity index (χ4n) is 6.40. The first kappa shape index (κ1) is 26.9. The summed E-state index contributed by atoms with van der Waals surface area (Å²) in [6.07, 6.45) is 1.72. The Kier molecular flexibility index (Phi) is 6.49. The number of Topliss-reactive ketones (excluding diaryl/α,β-unsaturated/α-hetero) is 2. The normalized spacial score (nSPS) is 32.0. The maximum Gasteiger partial charge on any atom is 0.415 e. The molecular formula is C30H40N2O6. The minimum absolute atomic E-state index is 0.0435. The monoisotopic (exact) mass is 524 g/mol. The molecule has 38 heavy (non-hydrogen) atoms. The molecule has 4 aliphatic rings. The van der Waals surface area contributed by atoms with Crippen molar-refractivity contribution in [1.82, 2.24) is 4.90 Å². The van der Waals surface area contributed by atoms with Gasteiger partial charge in [-0.1, -0.05) is 33.8 Å². The second-order valence-corrected chi connectivity index (χ2v) is 12.9. The average molecular weight is 525 g/mol. The summed E-state index contributed by atoms with van der Waals surface area (Å²) >= 11 is 0. The first-order valence-electron chi connectivity index (χ1n) is 13.9. The van der Waals surface area contributed by atoms with E-state index in [1.54, 1.807) is 13.1 Å². The van der Waals surface area contributed by atoms with E-state index in [9.17, 15) is 19.5 Å². The Balaban J connectivity index is 1.36. The van der Waals surface area contributed by atoms with Gasteiger partial charge in [0.25, 0.3) is 0 Å². The second-order valence-electron chi connectivity index (χ2n) is 12.9. The number of rotatable bonds is 7. The smallest absolute Gasteiger partial charge is 0.415 e. The lowest BCUT2D eigenvalue weighted by Gasteiger charge is -2.59. The van der Waals surface area contributed by atoms with E-state index in [1.165, 1.54) is 11.3 Å². The third-order valence-corrected chi connectivity index (χ3v) is 9.18. The van der Waals surface area contributed by atoms with Crippen molar-refractivity contribution in [2.45, 2.75) is 90.3 Å². The third kappa shape index (κ3) is 4.16. The van der Waals surface area contributed by atoms with E-state index in [4.69, 9.17) is 14.5 Å². The van der Waals surface area contributed by atoms with Gasteiger partial charge in [-0.05, 0) is 49.7 Å². The van der Waals surface area contributed by atoms with Crippen LogP contribution in [-0.2, 0) is 15.0 Å². The van der Waals surface area contributed by atoms with Crippen LogP contribution in [0.1, 0.15) is 77.3 Å². The van der Waals surface area contributed by atoms with Gasteiger partial charge in [-0.25, -0.2) is 4.79 Å². The van der Waals surface area contributed by atoms with E-state index >= 15 is 0 Å². The molecule has 1 N–H and O–H groups in total. The summed E-state index contributed by atoms with van der Waals surface area (Å²) in [5, 5.41) is 12.0. The summed E-state index contributed by atoms with van der Waals surface area (Å²) in [6.45, 7) is 10.9. The number of amides is 1. The number of hydrogen-bond acceptors (Lipinski definition) is 7. The van der Waals surface area contributed by atoms with Crippen LogP contribution in [0.15, 0.2) is 17.1 Å². The molecule has 0 saturated heterocycles. The number of aliphatic imine (C=N–C) groups is 1. The highest BCUT2D eigenvalue weighted by molar-refractivity contribution is 6.08. The van der Waals surface area contributed by atoms with Crippen LogP contribution in [0.5, 0.6) is 11.5 Å². The molecule has 206 valence electrons. The fourth-order valence-corrected chi connectivity index (χ4v) is 6.40. The number of aliphatic hydroxyl groups is 1. The van der Waals surface area contributed by atoms with Crippen LogP contribution in [0.4, 0.5) is 4.79 Å². The van der Waals surface area contributed by atoms with Crippen LogP contribution in [0.3, 0.4) is 0 Å². The minimum Gasteiger partial charge on any atom is -0.477 e. The molecule has 5 rings (SSSR count). The summed E-state index contributed by atoms with van der Waals surface area (Å²) in [5.41, 5.74) is -0.149. The lowest BCUT2D eigenvalue weighted by Crippen LogP contribution is -2.75. The van der Waals surface area contributed by atoms with Crippen molar-refractivity contribution < 1.29 is 29.0 Å². The number of aryl methyl sites for hydroxylation is 1. The van der Waals surface area contributed by atoms with Crippen LogP contribution in [-0.4, -0.2) is 65.2 Å². The van der Waals surface area contributed by atoms with Crippen molar-refractivity contribution in [1.29, 1.82) is 0 Å². The third-order valence-electron chi connectivity index (χ3n) is 9.18. The summed E-state index contributed by atoms with van der Waals surface area (Å²) in [4.78, 5) is 44.5. The number of nitrogens with zero attached hydrogens (tertiary/aromatic N) is 2. The Hall–Kier alpha value is -2.74. The van der Waals surface area contributed by atoms with Gasteiger partial charge >= 0.3 is 6.09 Å². The average Bonchev–Trinajstić information content (AvgIpc) is 3.41. The topological polar surface area (TPSA) is 106 Å². The number of hydrogen-bond donors (Lipinski definition) is 1. The molecule has 3 fully saturated rings. The highest BCUT2D eigenvalue weighted by Crippen LogP contribution is 2.65. The molecule has 2 unspecified atom stereocenters. The van der Waals surface area contributed by atoms with E-state index < -0.39 is 28.6 Å². The molecule has 8 nitrogen and oxygen atoms in total. The molecule has 0 bridgehead atoms. The first-order valence-corrected chi connectivity index (χ1v) is 13.9. The Morgan fingerprint density at radius 2 is 2.00 bits per heavy atom. The maximum absolute atomic E-state index is 13.1. The van der Waals surface area contributed by atoms with Crippen molar-refractivity contribution in [2.24, 2.45) is 22.2 Å². The molecule has 1 spiro atoms. The van der Waals surface area contributed by atoms with Crippen LogP contribution < -0.4 is 9.47 Å². The molecule has 0 radical (unpaired) electrons.